The molecule has 1 heterocycles. The number of aliphatic imine (C=N–C) groups is 1. The molecule has 1 aliphatic rings. The van der Waals surface area contributed by atoms with Gasteiger partial charge in [0.2, 0.25) is 5.91 Å². The molecule has 0 aliphatic carbocycles. The van der Waals surface area contributed by atoms with Gasteiger partial charge in [-0.3, -0.25) is 9.79 Å². The molecule has 0 radical (unpaired) electrons. The number of hydrogen-bond acceptors (Lipinski definition) is 2. The Balaban J connectivity index is 2.40. The number of hydrogen-bond donors (Lipinski definition) is 2. The summed E-state index contributed by atoms with van der Waals surface area (Å²) >= 11 is 0. The Morgan fingerprint density at radius 2 is 2.14 bits per heavy atom. The van der Waals surface area contributed by atoms with Crippen LogP contribution >= 0.6 is 0 Å². The molecule has 122 valence electrons. The Morgan fingerprint density at radius 3 is 2.76 bits per heavy atom. The van der Waals surface area contributed by atoms with Gasteiger partial charge in [0.15, 0.2) is 5.96 Å². The molecule has 21 heavy (non-hydrogen) atoms. The highest BCUT2D eigenvalue weighted by Gasteiger charge is 2.25. The maximum Gasteiger partial charge on any atom is 0.222 e. The fourth-order valence-corrected chi connectivity index (χ4v) is 2.53. The first kappa shape index (κ1) is 17.8. The molecule has 0 aromatic heterocycles. The molecule has 2 N–H and O–H groups in total. The van der Waals surface area contributed by atoms with Gasteiger partial charge in [0.05, 0.1) is 0 Å². The predicted molar refractivity (Wildman–Crippen MR) is 88.5 cm³/mol. The molecule has 5 heteroatoms. The Bertz CT molecular complexity index is 341. The molecule has 0 aromatic rings. The van der Waals surface area contributed by atoms with Crippen molar-refractivity contribution >= 4 is 11.9 Å². The summed E-state index contributed by atoms with van der Waals surface area (Å²) in [5.41, 5.74) is 0. The van der Waals surface area contributed by atoms with Crippen LogP contribution in [0.25, 0.3) is 0 Å². The van der Waals surface area contributed by atoms with Crippen LogP contribution in [0.4, 0.5) is 0 Å². The smallest absolute Gasteiger partial charge is 0.222 e. The molecule has 0 spiro atoms. The molecule has 1 unspecified atom stereocenters. The fourth-order valence-electron chi connectivity index (χ4n) is 2.53. The van der Waals surface area contributed by atoms with Gasteiger partial charge in [-0.2, -0.15) is 0 Å². The lowest BCUT2D eigenvalue weighted by molar-refractivity contribution is -0.129. The van der Waals surface area contributed by atoms with Crippen LogP contribution in [0.1, 0.15) is 53.4 Å². The summed E-state index contributed by atoms with van der Waals surface area (Å²) < 4.78 is 0. The van der Waals surface area contributed by atoms with E-state index in [0.717, 1.165) is 50.9 Å². The standard InChI is InChI=1S/C16H32N4O/c1-5-15(21)20-11-9-14(12-20)19-16(17-6-2)18-10-7-8-13(3)4/h13-14H,5-12H2,1-4H3,(H2,17,18,19). The quantitative estimate of drug-likeness (QED) is 0.429. The molecule has 0 bridgehead atoms. The van der Waals surface area contributed by atoms with Gasteiger partial charge in [-0.05, 0) is 32.1 Å². The Hall–Kier alpha value is -1.26. The third kappa shape index (κ3) is 6.82. The lowest BCUT2D eigenvalue weighted by Gasteiger charge is -2.18. The second-order valence-corrected chi connectivity index (χ2v) is 6.12. The van der Waals surface area contributed by atoms with E-state index in [1.54, 1.807) is 0 Å². The molecule has 1 atom stereocenters. The SMILES string of the molecule is CCNC(=NCCCC(C)C)NC1CCN(C(=O)CC)C1. The molecule has 0 aromatic carbocycles. The van der Waals surface area contributed by atoms with Gasteiger partial charge in [0.25, 0.3) is 0 Å². The van der Waals surface area contributed by atoms with Gasteiger partial charge in [-0.25, -0.2) is 0 Å². The lowest BCUT2D eigenvalue weighted by Crippen LogP contribution is -2.45. The molecule has 1 aliphatic heterocycles. The highest BCUT2D eigenvalue weighted by atomic mass is 16.2. The lowest BCUT2D eigenvalue weighted by atomic mass is 10.1. The molecule has 1 fully saturated rings. The van der Waals surface area contributed by atoms with Gasteiger partial charge in [-0.1, -0.05) is 20.8 Å². The summed E-state index contributed by atoms with van der Waals surface area (Å²) in [6.07, 6.45) is 3.93. The minimum Gasteiger partial charge on any atom is -0.357 e. The first-order valence-corrected chi connectivity index (χ1v) is 8.39. The molecule has 1 saturated heterocycles. The molecule has 5 nitrogen and oxygen atoms in total. The van der Waals surface area contributed by atoms with Gasteiger partial charge < -0.3 is 15.5 Å². The summed E-state index contributed by atoms with van der Waals surface area (Å²) in [5, 5.41) is 6.75. The summed E-state index contributed by atoms with van der Waals surface area (Å²) in [6, 6.07) is 0.323. The van der Waals surface area contributed by atoms with Crippen LogP contribution in [0.2, 0.25) is 0 Å². The van der Waals surface area contributed by atoms with Gasteiger partial charge >= 0.3 is 0 Å². The Morgan fingerprint density at radius 1 is 1.38 bits per heavy atom. The number of carbonyl (C=O) groups is 1. The van der Waals surface area contributed by atoms with E-state index in [-0.39, 0.29) is 5.91 Å². The maximum absolute atomic E-state index is 11.7. The summed E-state index contributed by atoms with van der Waals surface area (Å²) in [4.78, 5) is 18.3. The third-order valence-electron chi connectivity index (χ3n) is 3.74. The van der Waals surface area contributed by atoms with Crippen LogP contribution in [-0.2, 0) is 4.79 Å². The van der Waals surface area contributed by atoms with E-state index in [2.05, 4.69) is 36.4 Å². The monoisotopic (exact) mass is 296 g/mol. The largest absolute Gasteiger partial charge is 0.357 e. The highest BCUT2D eigenvalue weighted by molar-refractivity contribution is 5.80. The molecule has 1 amide bonds. The minimum atomic E-state index is 0.248. The number of nitrogens with one attached hydrogen (secondary N) is 2. The fraction of sp³-hybridized carbons (Fsp3) is 0.875. The van der Waals surface area contributed by atoms with Crippen molar-refractivity contribution in [2.24, 2.45) is 10.9 Å². The van der Waals surface area contributed by atoms with Crippen molar-refractivity contribution in [1.82, 2.24) is 15.5 Å². The van der Waals surface area contributed by atoms with Crippen molar-refractivity contribution < 1.29 is 4.79 Å². The van der Waals surface area contributed by atoms with Crippen LogP contribution in [0.3, 0.4) is 0 Å². The number of likely N-dealkylation sites (tertiary alicyclic amines) is 1. The topological polar surface area (TPSA) is 56.7 Å². The van der Waals surface area contributed by atoms with Crippen molar-refractivity contribution in [3.05, 3.63) is 0 Å². The number of nitrogens with zero attached hydrogens (tertiary/aromatic N) is 2. The van der Waals surface area contributed by atoms with Crippen LogP contribution in [0.5, 0.6) is 0 Å². The zero-order chi connectivity index (χ0) is 15.7. The van der Waals surface area contributed by atoms with Crippen molar-refractivity contribution in [3.8, 4) is 0 Å². The van der Waals surface area contributed by atoms with Gasteiger partial charge in [0.1, 0.15) is 0 Å². The first-order chi connectivity index (χ1) is 10.1. The van der Waals surface area contributed by atoms with E-state index in [4.69, 9.17) is 0 Å². The normalized spacial score (nSPS) is 19.2. The first-order valence-electron chi connectivity index (χ1n) is 8.39. The van der Waals surface area contributed by atoms with Crippen LogP contribution in [0, 0.1) is 5.92 Å². The molecular weight excluding hydrogens is 264 g/mol. The van der Waals surface area contributed by atoms with Crippen LogP contribution < -0.4 is 10.6 Å². The minimum absolute atomic E-state index is 0.248. The summed E-state index contributed by atoms with van der Waals surface area (Å²) in [7, 11) is 0. The molecule has 0 saturated carbocycles. The van der Waals surface area contributed by atoms with Crippen LogP contribution in [-0.4, -0.2) is 49.0 Å². The zero-order valence-electron chi connectivity index (χ0n) is 14.1. The van der Waals surface area contributed by atoms with Crippen LogP contribution in [0.15, 0.2) is 4.99 Å². The van der Waals surface area contributed by atoms with E-state index >= 15 is 0 Å². The average Bonchev–Trinajstić information content (AvgIpc) is 2.91. The number of guanidine groups is 1. The van der Waals surface area contributed by atoms with Crippen molar-refractivity contribution in [3.63, 3.8) is 0 Å². The number of carbonyl (C=O) groups excluding carboxylic acids is 1. The van der Waals surface area contributed by atoms with Crippen molar-refractivity contribution in [1.29, 1.82) is 0 Å². The number of amides is 1. The van der Waals surface area contributed by atoms with E-state index in [0.29, 0.717) is 12.5 Å². The molecular formula is C16H32N4O. The highest BCUT2D eigenvalue weighted by Crippen LogP contribution is 2.10. The van der Waals surface area contributed by atoms with Gasteiger partial charge in [-0.15, -0.1) is 0 Å². The average molecular weight is 296 g/mol. The Labute approximate surface area is 129 Å². The second-order valence-electron chi connectivity index (χ2n) is 6.12. The summed E-state index contributed by atoms with van der Waals surface area (Å²) in [5.74, 6) is 1.87. The van der Waals surface area contributed by atoms with Crippen molar-refractivity contribution in [2.45, 2.75) is 59.4 Å². The van der Waals surface area contributed by atoms with E-state index < -0.39 is 0 Å². The van der Waals surface area contributed by atoms with Crippen molar-refractivity contribution in [2.75, 3.05) is 26.2 Å². The Kier molecular flexibility index (Phi) is 8.16. The van der Waals surface area contributed by atoms with Gasteiger partial charge in [0, 0.05) is 38.6 Å². The zero-order valence-corrected chi connectivity index (χ0v) is 14.1. The van der Waals surface area contributed by atoms with E-state index in [1.807, 2.05) is 11.8 Å². The second kappa shape index (κ2) is 9.64. The van der Waals surface area contributed by atoms with E-state index in [9.17, 15) is 4.79 Å². The maximum atomic E-state index is 11.7. The number of rotatable bonds is 7. The third-order valence-corrected chi connectivity index (χ3v) is 3.74. The van der Waals surface area contributed by atoms with E-state index in [1.165, 1.54) is 6.42 Å². The molecule has 1 rings (SSSR count). The summed E-state index contributed by atoms with van der Waals surface area (Å²) in [6.45, 7) is 11.9. The predicted octanol–water partition coefficient (Wildman–Crippen LogP) is 1.99.